The number of anilines is 2. The van der Waals surface area contributed by atoms with Gasteiger partial charge >= 0.3 is 6.01 Å². The minimum atomic E-state index is -0.570. The second kappa shape index (κ2) is 10.5. The zero-order valence-electron chi connectivity index (χ0n) is 22.5. The summed E-state index contributed by atoms with van der Waals surface area (Å²) in [6.45, 7) is 4.41. The van der Waals surface area contributed by atoms with Gasteiger partial charge in [0.15, 0.2) is 10.9 Å². The van der Waals surface area contributed by atoms with Crippen LogP contribution in [0.4, 0.5) is 19.7 Å². The third-order valence-electron chi connectivity index (χ3n) is 8.00. The fraction of sp³-hybridized carbons (Fsp3) is 0.345. The lowest BCUT2D eigenvalue weighted by Crippen LogP contribution is -2.44. The first-order valence-electron chi connectivity index (χ1n) is 13.7. The lowest BCUT2D eigenvalue weighted by Gasteiger charge is -2.30. The molecule has 0 unspecified atom stereocenters. The highest BCUT2D eigenvalue weighted by Crippen LogP contribution is 2.44. The van der Waals surface area contributed by atoms with Crippen LogP contribution in [0.3, 0.4) is 0 Å². The smallest absolute Gasteiger partial charge is 0.319 e. The van der Waals surface area contributed by atoms with Crippen LogP contribution in [0.15, 0.2) is 41.2 Å². The first-order chi connectivity index (χ1) is 20.0. The Labute approximate surface area is 238 Å². The lowest BCUT2D eigenvalue weighted by molar-refractivity contribution is 0.188. The molecule has 9 nitrogen and oxygen atoms in total. The Morgan fingerprint density at radius 1 is 1.10 bits per heavy atom. The molecule has 1 atom stereocenters. The van der Waals surface area contributed by atoms with Gasteiger partial charge in [-0.05, 0) is 56.3 Å². The minimum absolute atomic E-state index is 0.131. The normalized spacial score (nSPS) is 18.1. The largest absolute Gasteiger partial charge is 0.472 e. The van der Waals surface area contributed by atoms with E-state index in [2.05, 4.69) is 32.1 Å². The van der Waals surface area contributed by atoms with E-state index in [4.69, 9.17) is 19.9 Å². The standard InChI is InChI=1S/C29H29F2N7O2S/c1-37-9-2-3-17(37)15-40-29-35-24-20(27(36-29)38-10-7-33-8-11-38)13-19(16-6-12-39-14-16)22(23(24)31)18-4-5-21(30)26-25(18)34-28(32)41-26/h4-6,12-14,17,33H,2-3,7-11,15H2,1H3,(H2,32,34)/t17-/m0/s1. The van der Waals surface area contributed by atoms with Crippen LogP contribution in [-0.4, -0.2) is 72.3 Å². The third-order valence-corrected chi connectivity index (χ3v) is 8.89. The molecule has 0 amide bonds. The van der Waals surface area contributed by atoms with Crippen molar-refractivity contribution in [3.63, 3.8) is 0 Å². The molecule has 12 heteroatoms. The van der Waals surface area contributed by atoms with Gasteiger partial charge in [0, 0.05) is 54.3 Å². The number of thiazole rings is 1. The molecule has 2 saturated heterocycles. The summed E-state index contributed by atoms with van der Waals surface area (Å²) >= 11 is 1.03. The number of piperazine rings is 1. The average Bonchev–Trinajstić information content (AvgIpc) is 3.75. The Morgan fingerprint density at radius 2 is 1.95 bits per heavy atom. The maximum atomic E-state index is 17.0. The summed E-state index contributed by atoms with van der Waals surface area (Å²) in [7, 11) is 2.08. The topological polar surface area (TPSA) is 106 Å². The van der Waals surface area contributed by atoms with Crippen LogP contribution in [0, 0.1) is 11.6 Å². The number of benzene rings is 2. The number of likely N-dealkylation sites (N-methyl/N-ethyl adjacent to an activating group) is 1. The van der Waals surface area contributed by atoms with Gasteiger partial charge in [-0.3, -0.25) is 0 Å². The van der Waals surface area contributed by atoms with Crippen molar-refractivity contribution in [2.45, 2.75) is 18.9 Å². The number of rotatable bonds is 6. The zero-order chi connectivity index (χ0) is 28.1. The highest BCUT2D eigenvalue weighted by molar-refractivity contribution is 7.22. The molecule has 2 aliphatic heterocycles. The molecule has 2 fully saturated rings. The van der Waals surface area contributed by atoms with E-state index in [0.29, 0.717) is 53.1 Å². The fourth-order valence-corrected chi connectivity index (χ4v) is 6.60. The fourth-order valence-electron chi connectivity index (χ4n) is 5.84. The van der Waals surface area contributed by atoms with Crippen molar-refractivity contribution in [2.24, 2.45) is 0 Å². The van der Waals surface area contributed by atoms with E-state index in [1.807, 2.05) is 6.07 Å². The maximum absolute atomic E-state index is 17.0. The molecule has 0 aliphatic carbocycles. The summed E-state index contributed by atoms with van der Waals surface area (Å²) in [5, 5.41) is 4.12. The number of furan rings is 1. The predicted octanol–water partition coefficient (Wildman–Crippen LogP) is 4.91. The van der Waals surface area contributed by atoms with Gasteiger partial charge in [-0.2, -0.15) is 9.97 Å². The number of halogens is 2. The molecule has 0 bridgehead atoms. The molecule has 3 N–H and O–H groups in total. The number of aromatic nitrogens is 3. The van der Waals surface area contributed by atoms with E-state index in [1.54, 1.807) is 12.3 Å². The number of nitrogen functional groups attached to an aromatic ring is 1. The molecule has 2 aromatic carbocycles. The van der Waals surface area contributed by atoms with Gasteiger partial charge in [-0.15, -0.1) is 0 Å². The number of nitrogens with two attached hydrogens (primary N) is 1. The summed E-state index contributed by atoms with van der Waals surface area (Å²) in [5.74, 6) is -0.414. The molecule has 0 spiro atoms. The number of hydrogen-bond acceptors (Lipinski definition) is 10. The summed E-state index contributed by atoms with van der Waals surface area (Å²) in [6.07, 6.45) is 5.23. The van der Waals surface area contributed by atoms with Gasteiger partial charge in [-0.25, -0.2) is 13.8 Å². The minimum Gasteiger partial charge on any atom is -0.472 e. The third kappa shape index (κ3) is 4.65. The van der Waals surface area contributed by atoms with E-state index in [-0.39, 0.29) is 33.0 Å². The van der Waals surface area contributed by atoms with E-state index in [0.717, 1.165) is 43.8 Å². The zero-order valence-corrected chi connectivity index (χ0v) is 23.3. The first kappa shape index (κ1) is 26.1. The van der Waals surface area contributed by atoms with Crippen molar-refractivity contribution in [1.29, 1.82) is 0 Å². The molecule has 212 valence electrons. The number of ether oxygens (including phenoxy) is 1. The summed E-state index contributed by atoms with van der Waals surface area (Å²) in [5.41, 5.74) is 8.27. The monoisotopic (exact) mass is 577 g/mol. The van der Waals surface area contributed by atoms with Crippen molar-refractivity contribution < 1.29 is 17.9 Å². The maximum Gasteiger partial charge on any atom is 0.319 e. The summed E-state index contributed by atoms with van der Waals surface area (Å²) in [4.78, 5) is 18.2. The SMILES string of the molecule is CN1CCC[C@H]1COc1nc(N2CCNCC2)c2cc(-c3ccoc3)c(-c3ccc(F)c4sc(N)nc34)c(F)c2n1. The lowest BCUT2D eigenvalue weighted by atomic mass is 9.92. The quantitative estimate of drug-likeness (QED) is 0.291. The van der Waals surface area contributed by atoms with E-state index in [1.165, 1.54) is 18.4 Å². The van der Waals surface area contributed by atoms with Gasteiger partial charge in [0.1, 0.15) is 23.8 Å². The highest BCUT2D eigenvalue weighted by Gasteiger charge is 2.28. The van der Waals surface area contributed by atoms with Crippen LogP contribution in [0.2, 0.25) is 0 Å². The predicted molar refractivity (Wildman–Crippen MR) is 156 cm³/mol. The van der Waals surface area contributed by atoms with Gasteiger partial charge in [0.25, 0.3) is 0 Å². The molecule has 3 aromatic heterocycles. The van der Waals surface area contributed by atoms with Crippen LogP contribution >= 0.6 is 11.3 Å². The van der Waals surface area contributed by atoms with E-state index in [9.17, 15) is 4.39 Å². The van der Waals surface area contributed by atoms with Gasteiger partial charge in [-0.1, -0.05) is 11.3 Å². The number of likely N-dealkylation sites (tertiary alicyclic amines) is 1. The molecule has 0 radical (unpaired) electrons. The van der Waals surface area contributed by atoms with E-state index >= 15 is 4.39 Å². The van der Waals surface area contributed by atoms with E-state index < -0.39 is 11.6 Å². The van der Waals surface area contributed by atoms with Gasteiger partial charge in [0.2, 0.25) is 0 Å². The van der Waals surface area contributed by atoms with Gasteiger partial charge < -0.3 is 30.0 Å². The molecular weight excluding hydrogens is 548 g/mol. The van der Waals surface area contributed by atoms with Crippen LogP contribution in [-0.2, 0) is 0 Å². The van der Waals surface area contributed by atoms with Crippen molar-refractivity contribution >= 4 is 43.4 Å². The Hall–Kier alpha value is -3.87. The van der Waals surface area contributed by atoms with Crippen LogP contribution in [0.1, 0.15) is 12.8 Å². The molecule has 5 heterocycles. The Morgan fingerprint density at radius 3 is 2.71 bits per heavy atom. The van der Waals surface area contributed by atoms with Crippen molar-refractivity contribution in [1.82, 2.24) is 25.2 Å². The Balaban J connectivity index is 1.46. The van der Waals surface area contributed by atoms with Crippen molar-refractivity contribution in [3.8, 4) is 28.3 Å². The van der Waals surface area contributed by atoms with Crippen LogP contribution in [0.25, 0.3) is 43.4 Å². The number of hydrogen-bond donors (Lipinski definition) is 2. The number of nitrogens with one attached hydrogen (secondary N) is 1. The molecular formula is C29H29F2N7O2S. The Kier molecular flexibility index (Phi) is 6.68. The molecule has 5 aromatic rings. The molecule has 41 heavy (non-hydrogen) atoms. The number of nitrogens with zero attached hydrogens (tertiary/aromatic N) is 5. The average molecular weight is 578 g/mol. The first-order valence-corrected chi connectivity index (χ1v) is 14.5. The summed E-state index contributed by atoms with van der Waals surface area (Å²) < 4.78 is 43.5. The van der Waals surface area contributed by atoms with Crippen LogP contribution < -0.4 is 20.7 Å². The second-order valence-electron chi connectivity index (χ2n) is 10.5. The molecule has 0 saturated carbocycles. The second-order valence-corrected chi connectivity index (χ2v) is 11.5. The van der Waals surface area contributed by atoms with Crippen LogP contribution in [0.5, 0.6) is 6.01 Å². The van der Waals surface area contributed by atoms with Gasteiger partial charge in [0.05, 0.1) is 22.7 Å². The molecule has 7 rings (SSSR count). The summed E-state index contributed by atoms with van der Waals surface area (Å²) in [6, 6.07) is 6.89. The highest BCUT2D eigenvalue weighted by atomic mass is 32.1. The molecule has 2 aliphatic rings. The van der Waals surface area contributed by atoms with Crippen molar-refractivity contribution in [3.05, 3.63) is 48.4 Å². The number of fused-ring (bicyclic) bond motifs is 2. The van der Waals surface area contributed by atoms with Crippen molar-refractivity contribution in [2.75, 3.05) is 57.0 Å². The Bertz CT molecular complexity index is 1740.